The minimum absolute atomic E-state index is 0.00573. The number of aromatic nitrogens is 4. The topological polar surface area (TPSA) is 154 Å². The van der Waals surface area contributed by atoms with Crippen molar-refractivity contribution in [1.82, 2.24) is 19.7 Å². The predicted octanol–water partition coefficient (Wildman–Crippen LogP) is 5.96. The van der Waals surface area contributed by atoms with Gasteiger partial charge in [0.1, 0.15) is 11.9 Å². The maximum atomic E-state index is 14.3. The number of benzene rings is 2. The highest BCUT2D eigenvalue weighted by Gasteiger charge is 2.43. The van der Waals surface area contributed by atoms with Crippen molar-refractivity contribution in [1.29, 1.82) is 5.26 Å². The number of nitriles is 1. The average Bonchev–Trinajstić information content (AvgIpc) is 3.71. The second kappa shape index (κ2) is 12.4. The molecule has 0 amide bonds. The standard InChI is InChI=1S/C35H34FN5O6S/c1-19(2)25-18-48(43,44)33-30(31(34-40-39-20(3)46-34)27(38-32(25)33)8-5-21-10-12-45-13-11-21)23-7-9-28-29(15-23)47-35(42)41(28)17-22-4-6-24(16-37)26(36)14-22/h4,6-7,9,14-15,19,21,25H,5,8,10-13,17-18H2,1-3H3/t25-/m1/s1. The molecule has 48 heavy (non-hydrogen) atoms. The molecule has 1 saturated heterocycles. The van der Waals surface area contributed by atoms with E-state index in [-0.39, 0.29) is 46.1 Å². The number of rotatable bonds is 8. The van der Waals surface area contributed by atoms with Crippen LogP contribution in [0, 0.1) is 35.9 Å². The SMILES string of the molecule is Cc1nnc(-c2c(CCC3CCOCC3)nc3c(c2-c2ccc4c(c2)oc(=O)n4Cc2ccc(C#N)c(F)c2)S(=O)(=O)C[C@@H]3C(C)C)o1. The average molecular weight is 672 g/mol. The van der Waals surface area contributed by atoms with Crippen LogP contribution in [0.3, 0.4) is 0 Å². The van der Waals surface area contributed by atoms with E-state index in [1.165, 1.54) is 16.7 Å². The third-order valence-electron chi connectivity index (χ3n) is 9.44. The molecule has 5 heterocycles. The van der Waals surface area contributed by atoms with E-state index in [0.717, 1.165) is 19.3 Å². The number of fused-ring (bicyclic) bond motifs is 2. The Hall–Kier alpha value is -4.67. The zero-order valence-corrected chi connectivity index (χ0v) is 27.6. The van der Waals surface area contributed by atoms with Crippen LogP contribution >= 0.6 is 0 Å². The lowest BCUT2D eigenvalue weighted by atomic mass is 9.88. The van der Waals surface area contributed by atoms with Gasteiger partial charge >= 0.3 is 5.76 Å². The minimum atomic E-state index is -3.79. The summed E-state index contributed by atoms with van der Waals surface area (Å²) in [4.78, 5) is 18.3. The Bertz CT molecular complexity index is 2260. The lowest BCUT2D eigenvalue weighted by Gasteiger charge is -2.23. The minimum Gasteiger partial charge on any atom is -0.421 e. The van der Waals surface area contributed by atoms with Crippen molar-refractivity contribution in [2.24, 2.45) is 11.8 Å². The van der Waals surface area contributed by atoms with E-state index < -0.39 is 21.4 Å². The quantitative estimate of drug-likeness (QED) is 0.193. The van der Waals surface area contributed by atoms with Crippen LogP contribution in [0.25, 0.3) is 33.7 Å². The van der Waals surface area contributed by atoms with E-state index in [4.69, 9.17) is 23.8 Å². The highest BCUT2D eigenvalue weighted by Crippen LogP contribution is 2.48. The van der Waals surface area contributed by atoms with Crippen molar-refractivity contribution in [3.63, 3.8) is 0 Å². The highest BCUT2D eigenvalue weighted by molar-refractivity contribution is 7.92. The number of aryl methyl sites for hydroxylation is 2. The van der Waals surface area contributed by atoms with Gasteiger partial charge in [-0.1, -0.05) is 26.0 Å². The zero-order valence-electron chi connectivity index (χ0n) is 26.8. The molecular weight excluding hydrogens is 637 g/mol. The molecule has 0 saturated carbocycles. The molecule has 2 aliphatic rings. The van der Waals surface area contributed by atoms with Crippen molar-refractivity contribution in [2.75, 3.05) is 19.0 Å². The smallest absolute Gasteiger partial charge is 0.420 e. The fourth-order valence-electron chi connectivity index (χ4n) is 6.87. The van der Waals surface area contributed by atoms with E-state index >= 15 is 0 Å². The number of ether oxygens (including phenoxy) is 1. The first-order chi connectivity index (χ1) is 23.0. The van der Waals surface area contributed by atoms with Crippen molar-refractivity contribution < 1.29 is 26.4 Å². The lowest BCUT2D eigenvalue weighted by molar-refractivity contribution is 0.0639. The second-order valence-corrected chi connectivity index (χ2v) is 14.9. The Kier molecular flexibility index (Phi) is 8.25. The van der Waals surface area contributed by atoms with Crippen LogP contribution in [-0.4, -0.2) is 47.1 Å². The monoisotopic (exact) mass is 671 g/mol. The Balaban J connectivity index is 1.42. The fourth-order valence-corrected chi connectivity index (χ4v) is 9.10. The molecule has 0 spiro atoms. The molecule has 0 N–H and O–H groups in total. The van der Waals surface area contributed by atoms with Crippen LogP contribution in [0.4, 0.5) is 4.39 Å². The molecule has 0 aliphatic carbocycles. The van der Waals surface area contributed by atoms with Crippen LogP contribution in [0.1, 0.15) is 67.4 Å². The van der Waals surface area contributed by atoms with Gasteiger partial charge in [-0.2, -0.15) is 5.26 Å². The summed E-state index contributed by atoms with van der Waals surface area (Å²) < 4.78 is 61.0. The first kappa shape index (κ1) is 31.9. The van der Waals surface area contributed by atoms with Crippen molar-refractivity contribution in [2.45, 2.75) is 63.8 Å². The Morgan fingerprint density at radius 1 is 1.08 bits per heavy atom. The molecule has 0 radical (unpaired) electrons. The van der Waals surface area contributed by atoms with Crippen LogP contribution in [0.5, 0.6) is 0 Å². The van der Waals surface area contributed by atoms with Gasteiger partial charge < -0.3 is 13.6 Å². The van der Waals surface area contributed by atoms with E-state index in [0.29, 0.717) is 70.6 Å². The van der Waals surface area contributed by atoms with Crippen LogP contribution in [-0.2, 0) is 27.5 Å². The van der Waals surface area contributed by atoms with Crippen molar-refractivity contribution in [3.05, 3.63) is 81.2 Å². The maximum Gasteiger partial charge on any atom is 0.420 e. The first-order valence-electron chi connectivity index (χ1n) is 16.0. The van der Waals surface area contributed by atoms with E-state index in [2.05, 4.69) is 10.2 Å². The summed E-state index contributed by atoms with van der Waals surface area (Å²) in [5.41, 5.74) is 3.63. The van der Waals surface area contributed by atoms with Crippen molar-refractivity contribution in [3.8, 4) is 28.7 Å². The number of hydrogen-bond acceptors (Lipinski definition) is 10. The summed E-state index contributed by atoms with van der Waals surface area (Å²) >= 11 is 0. The molecule has 248 valence electrons. The van der Waals surface area contributed by atoms with Gasteiger partial charge in [0.05, 0.1) is 45.2 Å². The Morgan fingerprint density at radius 2 is 1.88 bits per heavy atom. The summed E-state index contributed by atoms with van der Waals surface area (Å²) in [7, 11) is -3.79. The van der Waals surface area contributed by atoms with Crippen LogP contribution < -0.4 is 5.76 Å². The van der Waals surface area contributed by atoms with Gasteiger partial charge in [-0.05, 0) is 72.9 Å². The van der Waals surface area contributed by atoms with Crippen LogP contribution in [0.2, 0.25) is 0 Å². The van der Waals surface area contributed by atoms with Gasteiger partial charge in [0.25, 0.3) is 0 Å². The van der Waals surface area contributed by atoms with E-state index in [1.807, 2.05) is 13.8 Å². The van der Waals surface area contributed by atoms with Gasteiger partial charge in [-0.25, -0.2) is 17.6 Å². The Labute approximate surface area is 276 Å². The summed E-state index contributed by atoms with van der Waals surface area (Å²) in [6.07, 6.45) is 3.29. The maximum absolute atomic E-state index is 14.3. The fraction of sp³-hybridized carbons (Fsp3) is 0.400. The van der Waals surface area contributed by atoms with Gasteiger partial charge in [0, 0.05) is 31.6 Å². The normalized spacial score (nSPS) is 17.6. The summed E-state index contributed by atoms with van der Waals surface area (Å²) in [6, 6.07) is 11.0. The zero-order chi connectivity index (χ0) is 33.7. The third kappa shape index (κ3) is 5.73. The summed E-state index contributed by atoms with van der Waals surface area (Å²) in [6.45, 7) is 7.09. The Morgan fingerprint density at radius 3 is 2.56 bits per heavy atom. The van der Waals surface area contributed by atoms with E-state index in [9.17, 15) is 17.6 Å². The molecule has 5 aromatic rings. The molecule has 2 aliphatic heterocycles. The molecule has 2 aromatic carbocycles. The van der Waals surface area contributed by atoms with Crippen molar-refractivity contribution >= 4 is 20.9 Å². The molecule has 1 fully saturated rings. The molecule has 0 bridgehead atoms. The molecular formula is C35H34FN5O6S. The molecule has 11 nitrogen and oxygen atoms in total. The highest BCUT2D eigenvalue weighted by atomic mass is 32.2. The number of halogens is 1. The number of nitrogens with zero attached hydrogens (tertiary/aromatic N) is 5. The molecule has 0 unspecified atom stereocenters. The number of hydrogen-bond donors (Lipinski definition) is 0. The van der Waals surface area contributed by atoms with Gasteiger partial charge in [-0.15, -0.1) is 10.2 Å². The van der Waals surface area contributed by atoms with Gasteiger partial charge in [-0.3, -0.25) is 9.55 Å². The summed E-state index contributed by atoms with van der Waals surface area (Å²) in [5.74, 6) is -0.763. The summed E-state index contributed by atoms with van der Waals surface area (Å²) in [5, 5.41) is 17.5. The van der Waals surface area contributed by atoms with E-state index in [1.54, 1.807) is 37.3 Å². The molecule has 7 rings (SSSR count). The first-order valence-corrected chi connectivity index (χ1v) is 17.7. The number of oxazole rings is 1. The van der Waals surface area contributed by atoms with Gasteiger partial charge in [0.15, 0.2) is 15.4 Å². The number of sulfone groups is 1. The molecule has 1 atom stereocenters. The van der Waals surface area contributed by atoms with Gasteiger partial charge in [0.2, 0.25) is 11.8 Å². The lowest BCUT2D eigenvalue weighted by Crippen LogP contribution is -2.17. The number of pyridine rings is 1. The van der Waals surface area contributed by atoms with Crippen LogP contribution in [0.15, 0.2) is 54.9 Å². The largest absolute Gasteiger partial charge is 0.421 e. The molecule has 3 aromatic heterocycles. The predicted molar refractivity (Wildman–Crippen MR) is 173 cm³/mol. The third-order valence-corrected chi connectivity index (χ3v) is 11.3. The molecule has 13 heteroatoms. The second-order valence-electron chi connectivity index (χ2n) is 12.9.